The minimum Gasteiger partial charge on any atom is -0.489 e. The van der Waals surface area contributed by atoms with Crippen molar-refractivity contribution in [3.63, 3.8) is 0 Å². The van der Waals surface area contributed by atoms with Crippen LogP contribution in [0.5, 0.6) is 11.5 Å². The molecule has 1 amide bonds. The summed E-state index contributed by atoms with van der Waals surface area (Å²) in [5.41, 5.74) is 2.57. The van der Waals surface area contributed by atoms with Crippen molar-refractivity contribution in [3.05, 3.63) is 95.6 Å². The highest BCUT2D eigenvalue weighted by atomic mass is 16.5. The van der Waals surface area contributed by atoms with Gasteiger partial charge < -0.3 is 19.5 Å². The molecule has 0 radical (unpaired) electrons. The standard InChI is InChI=1S/C31H35NO5/c1-35-31(34)29(20-23-9-4-2-5-10-23)32-30(33)26-15-17-27(18-16-26)36-22-25-13-8-14-28(19-25)37-21-24-11-6-3-7-12-24/h3,6-8,11-19,23,29H,2,4-5,9-10,20-22H2,1H3,(H,32,33)/t29-/m0/s1. The minimum absolute atomic E-state index is 0.291. The van der Waals surface area contributed by atoms with Crippen LogP contribution in [0.2, 0.25) is 0 Å². The number of ether oxygens (including phenoxy) is 3. The van der Waals surface area contributed by atoms with E-state index in [4.69, 9.17) is 14.2 Å². The molecule has 3 aromatic rings. The van der Waals surface area contributed by atoms with Crippen molar-refractivity contribution in [2.75, 3.05) is 7.11 Å². The van der Waals surface area contributed by atoms with Gasteiger partial charge in [0.25, 0.3) is 5.91 Å². The van der Waals surface area contributed by atoms with Crippen LogP contribution in [0.15, 0.2) is 78.9 Å². The summed E-state index contributed by atoms with van der Waals surface area (Å²) in [6.07, 6.45) is 6.41. The number of amides is 1. The largest absolute Gasteiger partial charge is 0.489 e. The van der Waals surface area contributed by atoms with Gasteiger partial charge in [-0.25, -0.2) is 4.79 Å². The molecule has 1 N–H and O–H groups in total. The first-order valence-electron chi connectivity index (χ1n) is 13.0. The van der Waals surface area contributed by atoms with Gasteiger partial charge in [-0.2, -0.15) is 0 Å². The van der Waals surface area contributed by atoms with Gasteiger partial charge in [0.1, 0.15) is 30.8 Å². The van der Waals surface area contributed by atoms with Crippen LogP contribution >= 0.6 is 0 Å². The molecule has 0 heterocycles. The molecule has 4 rings (SSSR count). The van der Waals surface area contributed by atoms with E-state index in [2.05, 4.69) is 5.32 Å². The van der Waals surface area contributed by atoms with Crippen molar-refractivity contribution in [1.29, 1.82) is 0 Å². The van der Waals surface area contributed by atoms with Crippen LogP contribution in [-0.2, 0) is 22.7 Å². The van der Waals surface area contributed by atoms with Gasteiger partial charge in [-0.15, -0.1) is 0 Å². The van der Waals surface area contributed by atoms with Gasteiger partial charge in [-0.3, -0.25) is 4.79 Å². The molecule has 1 atom stereocenters. The van der Waals surface area contributed by atoms with Crippen LogP contribution in [0, 0.1) is 5.92 Å². The van der Waals surface area contributed by atoms with Crippen molar-refractivity contribution in [2.45, 2.75) is 57.8 Å². The fraction of sp³-hybridized carbons (Fsp3) is 0.355. The molecule has 3 aromatic carbocycles. The first-order chi connectivity index (χ1) is 18.1. The Morgan fingerprint density at radius 2 is 1.49 bits per heavy atom. The number of carbonyl (C=O) groups excluding carboxylic acids is 2. The number of esters is 1. The Kier molecular flexibility index (Phi) is 9.58. The molecule has 0 unspecified atom stereocenters. The lowest BCUT2D eigenvalue weighted by Crippen LogP contribution is -2.43. The number of carbonyl (C=O) groups is 2. The van der Waals surface area contributed by atoms with E-state index in [1.807, 2.05) is 54.6 Å². The van der Waals surface area contributed by atoms with Gasteiger partial charge in [-0.05, 0) is 59.9 Å². The molecule has 1 saturated carbocycles. The number of methoxy groups -OCH3 is 1. The summed E-state index contributed by atoms with van der Waals surface area (Å²) in [5, 5.41) is 2.87. The van der Waals surface area contributed by atoms with Gasteiger partial charge in [0.2, 0.25) is 0 Å². The van der Waals surface area contributed by atoms with Gasteiger partial charge in [0.05, 0.1) is 7.11 Å². The fourth-order valence-electron chi connectivity index (χ4n) is 4.69. The zero-order chi connectivity index (χ0) is 25.9. The Labute approximate surface area is 218 Å². The predicted molar refractivity (Wildman–Crippen MR) is 142 cm³/mol. The molecule has 0 aromatic heterocycles. The molecule has 6 heteroatoms. The lowest BCUT2D eigenvalue weighted by molar-refractivity contribution is -0.143. The summed E-state index contributed by atoms with van der Waals surface area (Å²) in [5.74, 6) is 1.19. The van der Waals surface area contributed by atoms with Gasteiger partial charge in [0, 0.05) is 5.56 Å². The zero-order valence-electron chi connectivity index (χ0n) is 21.4. The molecule has 0 saturated heterocycles. The van der Waals surface area contributed by atoms with Gasteiger partial charge in [-0.1, -0.05) is 74.6 Å². The van der Waals surface area contributed by atoms with Crippen LogP contribution in [-0.4, -0.2) is 25.0 Å². The first kappa shape index (κ1) is 26.3. The Balaban J connectivity index is 1.29. The summed E-state index contributed by atoms with van der Waals surface area (Å²) in [6, 6.07) is 24.2. The van der Waals surface area contributed by atoms with Crippen molar-refractivity contribution in [1.82, 2.24) is 5.32 Å². The van der Waals surface area contributed by atoms with E-state index >= 15 is 0 Å². The first-order valence-corrected chi connectivity index (χ1v) is 13.0. The van der Waals surface area contributed by atoms with Crippen LogP contribution in [0.4, 0.5) is 0 Å². The maximum atomic E-state index is 12.8. The summed E-state index contributed by atoms with van der Waals surface area (Å²) < 4.78 is 16.8. The summed E-state index contributed by atoms with van der Waals surface area (Å²) in [7, 11) is 1.36. The van der Waals surface area contributed by atoms with E-state index in [0.29, 0.717) is 36.9 Å². The Bertz CT molecular complexity index is 1140. The quantitative estimate of drug-likeness (QED) is 0.322. The highest BCUT2D eigenvalue weighted by Crippen LogP contribution is 2.28. The van der Waals surface area contributed by atoms with Crippen molar-refractivity contribution in [2.24, 2.45) is 5.92 Å². The lowest BCUT2D eigenvalue weighted by Gasteiger charge is -2.25. The number of hydrogen-bond acceptors (Lipinski definition) is 5. The Morgan fingerprint density at radius 3 is 2.22 bits per heavy atom. The van der Waals surface area contributed by atoms with E-state index in [-0.39, 0.29) is 5.91 Å². The molecule has 37 heavy (non-hydrogen) atoms. The average Bonchev–Trinajstić information content (AvgIpc) is 2.96. The molecule has 0 spiro atoms. The summed E-state index contributed by atoms with van der Waals surface area (Å²) in [4.78, 5) is 25.1. The van der Waals surface area contributed by atoms with Crippen LogP contribution < -0.4 is 14.8 Å². The molecule has 194 valence electrons. The van der Waals surface area contributed by atoms with Crippen molar-refractivity contribution >= 4 is 11.9 Å². The van der Waals surface area contributed by atoms with E-state index in [9.17, 15) is 9.59 Å². The molecular formula is C31H35NO5. The molecule has 0 bridgehead atoms. The van der Waals surface area contributed by atoms with E-state index in [0.717, 1.165) is 29.7 Å². The Hall–Kier alpha value is -3.80. The van der Waals surface area contributed by atoms with E-state index < -0.39 is 12.0 Å². The molecule has 6 nitrogen and oxygen atoms in total. The summed E-state index contributed by atoms with van der Waals surface area (Å²) >= 11 is 0. The smallest absolute Gasteiger partial charge is 0.328 e. The maximum Gasteiger partial charge on any atom is 0.328 e. The van der Waals surface area contributed by atoms with Crippen molar-refractivity contribution in [3.8, 4) is 11.5 Å². The number of hydrogen-bond donors (Lipinski definition) is 1. The van der Waals surface area contributed by atoms with Crippen LogP contribution in [0.25, 0.3) is 0 Å². The molecule has 0 aliphatic heterocycles. The predicted octanol–water partition coefficient (Wildman–Crippen LogP) is 6.09. The number of nitrogens with one attached hydrogen (secondary N) is 1. The monoisotopic (exact) mass is 501 g/mol. The van der Waals surface area contributed by atoms with Gasteiger partial charge in [0.15, 0.2) is 0 Å². The maximum absolute atomic E-state index is 12.8. The molecule has 1 aliphatic carbocycles. The van der Waals surface area contributed by atoms with Crippen molar-refractivity contribution < 1.29 is 23.8 Å². The number of benzene rings is 3. The lowest BCUT2D eigenvalue weighted by atomic mass is 9.85. The second-order valence-electron chi connectivity index (χ2n) is 9.52. The minimum atomic E-state index is -0.632. The molecular weight excluding hydrogens is 466 g/mol. The third kappa shape index (κ3) is 8.10. The third-order valence-corrected chi connectivity index (χ3v) is 6.75. The van der Waals surface area contributed by atoms with Crippen LogP contribution in [0.3, 0.4) is 0 Å². The average molecular weight is 502 g/mol. The SMILES string of the molecule is COC(=O)[C@H](CC1CCCCC1)NC(=O)c1ccc(OCc2cccc(OCc3ccccc3)c2)cc1. The van der Waals surface area contributed by atoms with Crippen LogP contribution in [0.1, 0.15) is 60.0 Å². The summed E-state index contributed by atoms with van der Waals surface area (Å²) in [6.45, 7) is 0.881. The zero-order valence-corrected chi connectivity index (χ0v) is 21.4. The normalized spacial score (nSPS) is 14.4. The molecule has 1 fully saturated rings. The highest BCUT2D eigenvalue weighted by molar-refractivity contribution is 5.96. The second kappa shape index (κ2) is 13.5. The third-order valence-electron chi connectivity index (χ3n) is 6.75. The topological polar surface area (TPSA) is 73.9 Å². The second-order valence-corrected chi connectivity index (χ2v) is 9.52. The number of rotatable bonds is 11. The van der Waals surface area contributed by atoms with Gasteiger partial charge >= 0.3 is 5.97 Å². The van der Waals surface area contributed by atoms with E-state index in [1.165, 1.54) is 26.4 Å². The fourth-order valence-corrected chi connectivity index (χ4v) is 4.69. The van der Waals surface area contributed by atoms with E-state index in [1.54, 1.807) is 24.3 Å². The Morgan fingerprint density at radius 1 is 0.811 bits per heavy atom. The highest BCUT2D eigenvalue weighted by Gasteiger charge is 2.27. The molecule has 1 aliphatic rings.